The molecule has 28 heavy (non-hydrogen) atoms. The Hall–Kier alpha value is -3.05. The van der Waals surface area contributed by atoms with Crippen LogP contribution < -0.4 is 5.32 Å². The quantitative estimate of drug-likeness (QED) is 0.668. The van der Waals surface area contributed by atoms with Crippen molar-refractivity contribution in [1.82, 2.24) is 4.90 Å². The fraction of sp³-hybridized carbons (Fsp3) is 0.261. The van der Waals surface area contributed by atoms with Crippen molar-refractivity contribution in [2.24, 2.45) is 0 Å². The highest BCUT2D eigenvalue weighted by Crippen LogP contribution is 2.28. The summed E-state index contributed by atoms with van der Waals surface area (Å²) in [6, 6.07) is 21.7. The lowest BCUT2D eigenvalue weighted by Gasteiger charge is -2.31. The number of nitrogens with one attached hydrogen (secondary N) is 1. The molecule has 144 valence electrons. The van der Waals surface area contributed by atoms with Gasteiger partial charge in [0.2, 0.25) is 0 Å². The largest absolute Gasteiger partial charge is 0.468 e. The Labute approximate surface area is 164 Å². The zero-order valence-electron chi connectivity index (χ0n) is 15.7. The fourth-order valence-electron chi connectivity index (χ4n) is 3.56. The molecule has 2 heterocycles. The Kier molecular flexibility index (Phi) is 5.73. The van der Waals surface area contributed by atoms with E-state index < -0.39 is 6.09 Å². The minimum atomic E-state index is -0.395. The summed E-state index contributed by atoms with van der Waals surface area (Å²) >= 11 is 0. The van der Waals surface area contributed by atoms with Crippen LogP contribution in [0.3, 0.4) is 0 Å². The number of benzene rings is 2. The van der Waals surface area contributed by atoms with Gasteiger partial charge in [-0.3, -0.25) is 10.2 Å². The molecule has 4 rings (SSSR count). The van der Waals surface area contributed by atoms with Crippen LogP contribution in [0.1, 0.15) is 18.6 Å². The van der Waals surface area contributed by atoms with Crippen molar-refractivity contribution in [3.05, 3.63) is 78.8 Å². The Morgan fingerprint density at radius 2 is 1.75 bits per heavy atom. The molecule has 1 aromatic heterocycles. The van der Waals surface area contributed by atoms with E-state index in [-0.39, 0.29) is 6.10 Å². The summed E-state index contributed by atoms with van der Waals surface area (Å²) in [5.74, 6) is 0.967. The zero-order valence-corrected chi connectivity index (χ0v) is 15.7. The van der Waals surface area contributed by atoms with Gasteiger partial charge < -0.3 is 9.15 Å². The van der Waals surface area contributed by atoms with Crippen molar-refractivity contribution in [2.75, 3.05) is 18.4 Å². The smallest absolute Gasteiger partial charge is 0.411 e. The number of piperidine rings is 1. The highest BCUT2D eigenvalue weighted by atomic mass is 16.6. The molecule has 0 unspecified atom stereocenters. The molecular weight excluding hydrogens is 352 g/mol. The van der Waals surface area contributed by atoms with Gasteiger partial charge in [-0.15, -0.1) is 0 Å². The Morgan fingerprint density at radius 1 is 1.00 bits per heavy atom. The molecule has 1 aliphatic heterocycles. The lowest BCUT2D eigenvalue weighted by atomic mass is 10.0. The van der Waals surface area contributed by atoms with Crippen molar-refractivity contribution in [3.63, 3.8) is 0 Å². The van der Waals surface area contributed by atoms with Crippen LogP contribution in [0.5, 0.6) is 0 Å². The van der Waals surface area contributed by atoms with Crippen LogP contribution in [0.2, 0.25) is 0 Å². The number of anilines is 1. The maximum atomic E-state index is 12.4. The molecular formula is C23H24N2O3. The monoisotopic (exact) mass is 376 g/mol. The van der Waals surface area contributed by atoms with Crippen molar-refractivity contribution in [1.29, 1.82) is 0 Å². The van der Waals surface area contributed by atoms with E-state index in [1.807, 2.05) is 66.7 Å². The maximum absolute atomic E-state index is 12.4. The zero-order chi connectivity index (χ0) is 19.2. The predicted octanol–water partition coefficient (Wildman–Crippen LogP) is 5.16. The van der Waals surface area contributed by atoms with Crippen molar-refractivity contribution in [3.8, 4) is 11.1 Å². The summed E-state index contributed by atoms with van der Waals surface area (Å²) < 4.78 is 11.1. The number of ether oxygens (including phenoxy) is 1. The summed E-state index contributed by atoms with van der Waals surface area (Å²) in [7, 11) is 0. The van der Waals surface area contributed by atoms with E-state index >= 15 is 0 Å². The van der Waals surface area contributed by atoms with Crippen LogP contribution in [0, 0.1) is 0 Å². The molecule has 3 aromatic rings. The molecule has 0 spiro atoms. The summed E-state index contributed by atoms with van der Waals surface area (Å²) in [5, 5.41) is 2.91. The van der Waals surface area contributed by atoms with Crippen molar-refractivity contribution in [2.45, 2.75) is 25.5 Å². The van der Waals surface area contributed by atoms with Gasteiger partial charge in [-0.2, -0.15) is 0 Å². The molecule has 5 nitrogen and oxygen atoms in total. The second-order valence-corrected chi connectivity index (χ2v) is 7.00. The highest BCUT2D eigenvalue weighted by Gasteiger charge is 2.23. The molecule has 1 aliphatic rings. The lowest BCUT2D eigenvalue weighted by molar-refractivity contribution is 0.0546. The van der Waals surface area contributed by atoms with Crippen molar-refractivity contribution >= 4 is 11.8 Å². The standard InChI is InChI=1S/C23H24N2O3/c26-23(24-22-11-5-4-10-21(22)18-7-2-1-3-8-18)28-19-12-14-25(15-13-19)17-20-9-6-16-27-20/h1-11,16,19H,12-15,17H2,(H,24,26). The van der Waals surface area contributed by atoms with Gasteiger partial charge in [0, 0.05) is 18.7 Å². The molecule has 0 atom stereocenters. The molecule has 1 saturated heterocycles. The number of furan rings is 1. The summed E-state index contributed by atoms with van der Waals surface area (Å²) in [6.45, 7) is 2.58. The Bertz CT molecular complexity index is 885. The van der Waals surface area contributed by atoms with Gasteiger partial charge in [0.05, 0.1) is 18.5 Å². The molecule has 5 heteroatoms. The highest BCUT2D eigenvalue weighted by molar-refractivity contribution is 5.91. The van der Waals surface area contributed by atoms with Crippen LogP contribution in [-0.4, -0.2) is 30.2 Å². The van der Waals surface area contributed by atoms with Crippen LogP contribution in [0.25, 0.3) is 11.1 Å². The Balaban J connectivity index is 1.31. The first kappa shape index (κ1) is 18.3. The minimum Gasteiger partial charge on any atom is -0.468 e. The molecule has 0 bridgehead atoms. The van der Waals surface area contributed by atoms with E-state index in [1.54, 1.807) is 6.26 Å². The summed E-state index contributed by atoms with van der Waals surface area (Å²) in [6.07, 6.45) is 2.90. The van der Waals surface area contributed by atoms with Gasteiger partial charge in [-0.05, 0) is 36.6 Å². The third kappa shape index (κ3) is 4.61. The van der Waals surface area contributed by atoms with Crippen LogP contribution in [0.15, 0.2) is 77.4 Å². The molecule has 0 saturated carbocycles. The number of nitrogens with zero attached hydrogens (tertiary/aromatic N) is 1. The first-order valence-electron chi connectivity index (χ1n) is 9.65. The third-order valence-electron chi connectivity index (χ3n) is 5.02. The molecule has 2 aromatic carbocycles. The van der Waals surface area contributed by atoms with Gasteiger partial charge in [0.1, 0.15) is 11.9 Å². The van der Waals surface area contributed by atoms with E-state index in [1.165, 1.54) is 0 Å². The topological polar surface area (TPSA) is 54.7 Å². The Morgan fingerprint density at radius 3 is 2.50 bits per heavy atom. The number of carbonyl (C=O) groups is 1. The van der Waals surface area contributed by atoms with E-state index in [9.17, 15) is 4.79 Å². The first-order chi connectivity index (χ1) is 13.8. The van der Waals surface area contributed by atoms with Crippen molar-refractivity contribution < 1.29 is 13.9 Å². The number of carbonyl (C=O) groups excluding carboxylic acids is 1. The van der Waals surface area contributed by atoms with E-state index in [0.29, 0.717) is 0 Å². The fourth-order valence-corrected chi connectivity index (χ4v) is 3.56. The molecule has 1 amide bonds. The van der Waals surface area contributed by atoms with E-state index in [2.05, 4.69) is 10.2 Å². The van der Waals surface area contributed by atoms with E-state index in [0.717, 1.165) is 55.1 Å². The summed E-state index contributed by atoms with van der Waals surface area (Å²) in [4.78, 5) is 14.8. The first-order valence-corrected chi connectivity index (χ1v) is 9.65. The predicted molar refractivity (Wildman–Crippen MR) is 109 cm³/mol. The molecule has 0 radical (unpaired) electrons. The van der Waals surface area contributed by atoms with E-state index in [4.69, 9.17) is 9.15 Å². The molecule has 0 aliphatic carbocycles. The van der Waals surface area contributed by atoms with Gasteiger partial charge in [0.15, 0.2) is 0 Å². The van der Waals surface area contributed by atoms with Crippen LogP contribution >= 0.6 is 0 Å². The number of amides is 1. The van der Waals surface area contributed by atoms with Gasteiger partial charge in [0.25, 0.3) is 0 Å². The normalized spacial score (nSPS) is 15.3. The summed E-state index contributed by atoms with van der Waals surface area (Å²) in [5.41, 5.74) is 2.80. The lowest BCUT2D eigenvalue weighted by Crippen LogP contribution is -2.38. The minimum absolute atomic E-state index is 0.0586. The van der Waals surface area contributed by atoms with Gasteiger partial charge in [-0.1, -0.05) is 48.5 Å². The van der Waals surface area contributed by atoms with Gasteiger partial charge in [-0.25, -0.2) is 4.79 Å². The van der Waals surface area contributed by atoms with Gasteiger partial charge >= 0.3 is 6.09 Å². The second kappa shape index (κ2) is 8.76. The number of hydrogen-bond donors (Lipinski definition) is 1. The average molecular weight is 376 g/mol. The second-order valence-electron chi connectivity index (χ2n) is 7.00. The number of para-hydroxylation sites is 1. The molecule has 1 N–H and O–H groups in total. The van der Waals surface area contributed by atoms with Crippen LogP contribution in [-0.2, 0) is 11.3 Å². The third-order valence-corrected chi connectivity index (χ3v) is 5.02. The molecule has 1 fully saturated rings. The van der Waals surface area contributed by atoms with Crippen LogP contribution in [0.4, 0.5) is 10.5 Å². The average Bonchev–Trinajstić information content (AvgIpc) is 3.24. The number of likely N-dealkylation sites (tertiary alicyclic amines) is 1. The SMILES string of the molecule is O=C(Nc1ccccc1-c1ccccc1)OC1CCN(Cc2ccco2)CC1. The number of rotatable bonds is 5. The maximum Gasteiger partial charge on any atom is 0.411 e. The number of hydrogen-bond acceptors (Lipinski definition) is 4.